The number of amides is 2. The number of ether oxygens (including phenoxy) is 1. The van der Waals surface area contributed by atoms with Gasteiger partial charge in [-0.1, -0.05) is 31.5 Å². The second-order valence-electron chi connectivity index (χ2n) is 5.85. The quantitative estimate of drug-likeness (QED) is 0.906. The molecule has 0 aromatic heterocycles. The fraction of sp³-hybridized carbons (Fsp3) is 0.500. The van der Waals surface area contributed by atoms with Gasteiger partial charge in [0.2, 0.25) is 5.91 Å². The number of rotatable bonds is 5. The van der Waals surface area contributed by atoms with Crippen LogP contribution in [0.5, 0.6) is 0 Å². The number of benzene rings is 1. The predicted octanol–water partition coefficient (Wildman–Crippen LogP) is 2.48. The molecule has 1 aliphatic rings. The highest BCUT2D eigenvalue weighted by Crippen LogP contribution is 2.21. The number of nitrogens with zero attached hydrogens (tertiary/aromatic N) is 1. The lowest BCUT2D eigenvalue weighted by atomic mass is 10.1. The lowest BCUT2D eigenvalue weighted by molar-refractivity contribution is -0.122. The van der Waals surface area contributed by atoms with E-state index in [0.717, 1.165) is 11.3 Å². The van der Waals surface area contributed by atoms with Gasteiger partial charge in [-0.3, -0.25) is 9.69 Å². The number of nitrogens with one attached hydrogen (secondary N) is 1. The molecule has 0 spiro atoms. The van der Waals surface area contributed by atoms with Gasteiger partial charge in [-0.2, -0.15) is 0 Å². The molecule has 1 N–H and O–H groups in total. The molecule has 1 aromatic carbocycles. The highest BCUT2D eigenvalue weighted by atomic mass is 16.6. The van der Waals surface area contributed by atoms with Crippen LogP contribution >= 0.6 is 0 Å². The summed E-state index contributed by atoms with van der Waals surface area (Å²) in [5, 5.41) is 2.81. The lowest BCUT2D eigenvalue weighted by Gasteiger charge is -2.13. The van der Waals surface area contributed by atoms with Gasteiger partial charge in [0.1, 0.15) is 6.10 Å². The van der Waals surface area contributed by atoms with Crippen LogP contribution < -0.4 is 10.2 Å². The summed E-state index contributed by atoms with van der Waals surface area (Å²) in [5.74, 6) is 0.315. The molecule has 1 heterocycles. The molecule has 1 saturated heterocycles. The second kappa shape index (κ2) is 6.61. The Bertz CT molecular complexity index is 511. The zero-order valence-corrected chi connectivity index (χ0v) is 12.8. The molecule has 1 aliphatic heterocycles. The first-order chi connectivity index (χ1) is 9.95. The Labute approximate surface area is 125 Å². The maximum atomic E-state index is 11.9. The summed E-state index contributed by atoms with van der Waals surface area (Å²) >= 11 is 0. The monoisotopic (exact) mass is 290 g/mol. The Kier molecular flexibility index (Phi) is 4.83. The first-order valence-corrected chi connectivity index (χ1v) is 7.27. The zero-order chi connectivity index (χ0) is 15.4. The van der Waals surface area contributed by atoms with E-state index in [1.165, 1.54) is 0 Å². The van der Waals surface area contributed by atoms with E-state index >= 15 is 0 Å². The van der Waals surface area contributed by atoms with Crippen LogP contribution in [0.3, 0.4) is 0 Å². The fourth-order valence-electron chi connectivity index (χ4n) is 2.23. The molecule has 1 unspecified atom stereocenters. The summed E-state index contributed by atoms with van der Waals surface area (Å²) in [7, 11) is 0. The van der Waals surface area contributed by atoms with Crippen molar-refractivity contribution >= 4 is 17.7 Å². The first-order valence-electron chi connectivity index (χ1n) is 7.27. The van der Waals surface area contributed by atoms with Crippen LogP contribution in [0, 0.1) is 12.8 Å². The number of anilines is 1. The molecular weight excluding hydrogens is 268 g/mol. The zero-order valence-electron chi connectivity index (χ0n) is 12.8. The van der Waals surface area contributed by atoms with Crippen LogP contribution in [-0.2, 0) is 9.53 Å². The average molecular weight is 290 g/mol. The van der Waals surface area contributed by atoms with Crippen molar-refractivity contribution in [1.29, 1.82) is 0 Å². The van der Waals surface area contributed by atoms with Crippen molar-refractivity contribution in [3.05, 3.63) is 29.8 Å². The van der Waals surface area contributed by atoms with Crippen molar-refractivity contribution < 1.29 is 14.3 Å². The minimum Gasteiger partial charge on any atom is -0.442 e. The summed E-state index contributed by atoms with van der Waals surface area (Å²) in [4.78, 5) is 25.1. The minimum absolute atomic E-state index is 0.00478. The summed E-state index contributed by atoms with van der Waals surface area (Å²) < 4.78 is 5.29. The summed E-state index contributed by atoms with van der Waals surface area (Å²) in [6, 6.07) is 7.72. The molecule has 21 heavy (non-hydrogen) atoms. The van der Waals surface area contributed by atoms with Crippen LogP contribution in [0.15, 0.2) is 24.3 Å². The number of hydrogen-bond donors (Lipinski definition) is 1. The van der Waals surface area contributed by atoms with Crippen LogP contribution in [0.4, 0.5) is 10.5 Å². The standard InChI is InChI=1S/C16H22N2O3/c1-11(2)8-15(19)17-9-14-10-18(16(20)21-14)13-6-4-12(3)5-7-13/h4-7,11,14H,8-10H2,1-3H3,(H,17,19). The van der Waals surface area contributed by atoms with Gasteiger partial charge in [0, 0.05) is 12.1 Å². The van der Waals surface area contributed by atoms with E-state index in [1.807, 2.05) is 45.0 Å². The van der Waals surface area contributed by atoms with E-state index in [4.69, 9.17) is 4.74 Å². The number of carbonyl (C=O) groups is 2. The maximum Gasteiger partial charge on any atom is 0.414 e. The summed E-state index contributed by atoms with van der Waals surface area (Å²) in [6.07, 6.45) is -0.167. The Morgan fingerprint density at radius 1 is 1.38 bits per heavy atom. The van der Waals surface area contributed by atoms with Gasteiger partial charge in [0.25, 0.3) is 0 Å². The van der Waals surface area contributed by atoms with Gasteiger partial charge in [0.05, 0.1) is 13.1 Å². The van der Waals surface area contributed by atoms with Gasteiger partial charge < -0.3 is 10.1 Å². The third-order valence-electron chi connectivity index (χ3n) is 3.34. The highest BCUT2D eigenvalue weighted by Gasteiger charge is 2.32. The molecule has 2 rings (SSSR count). The third-order valence-corrected chi connectivity index (χ3v) is 3.34. The smallest absolute Gasteiger partial charge is 0.414 e. The number of cyclic esters (lactones) is 1. The minimum atomic E-state index is -0.359. The molecule has 0 radical (unpaired) electrons. The third kappa shape index (κ3) is 4.21. The maximum absolute atomic E-state index is 11.9. The van der Waals surface area contributed by atoms with Crippen molar-refractivity contribution in [2.45, 2.75) is 33.3 Å². The molecule has 2 amide bonds. The topological polar surface area (TPSA) is 58.6 Å². The van der Waals surface area contributed by atoms with E-state index in [0.29, 0.717) is 25.4 Å². The van der Waals surface area contributed by atoms with Gasteiger partial charge in [0.15, 0.2) is 0 Å². The average Bonchev–Trinajstić information content (AvgIpc) is 2.78. The Hall–Kier alpha value is -2.04. The molecule has 0 saturated carbocycles. The van der Waals surface area contributed by atoms with Crippen molar-refractivity contribution in [2.24, 2.45) is 5.92 Å². The van der Waals surface area contributed by atoms with Crippen molar-refractivity contribution in [3.63, 3.8) is 0 Å². The Morgan fingerprint density at radius 2 is 2.05 bits per heavy atom. The largest absolute Gasteiger partial charge is 0.442 e. The van der Waals surface area contributed by atoms with E-state index in [-0.39, 0.29) is 18.1 Å². The second-order valence-corrected chi connectivity index (χ2v) is 5.85. The number of hydrogen-bond acceptors (Lipinski definition) is 3. The van der Waals surface area contributed by atoms with Crippen LogP contribution in [-0.4, -0.2) is 31.2 Å². The Balaban J connectivity index is 1.88. The lowest BCUT2D eigenvalue weighted by Crippen LogP contribution is -2.35. The molecule has 1 aromatic rings. The fourth-order valence-corrected chi connectivity index (χ4v) is 2.23. The normalized spacial score (nSPS) is 18.0. The molecule has 5 heteroatoms. The molecular formula is C16H22N2O3. The number of carbonyl (C=O) groups excluding carboxylic acids is 2. The molecule has 0 bridgehead atoms. The van der Waals surface area contributed by atoms with Crippen LogP contribution in [0.25, 0.3) is 0 Å². The molecule has 5 nitrogen and oxygen atoms in total. The van der Waals surface area contributed by atoms with Gasteiger partial charge >= 0.3 is 6.09 Å². The van der Waals surface area contributed by atoms with Crippen molar-refractivity contribution in [1.82, 2.24) is 5.32 Å². The van der Waals surface area contributed by atoms with Crippen molar-refractivity contribution in [2.75, 3.05) is 18.0 Å². The SMILES string of the molecule is Cc1ccc(N2CC(CNC(=O)CC(C)C)OC2=O)cc1. The van der Waals surface area contributed by atoms with E-state index < -0.39 is 0 Å². The van der Waals surface area contributed by atoms with Crippen molar-refractivity contribution in [3.8, 4) is 0 Å². The summed E-state index contributed by atoms with van der Waals surface area (Å²) in [5.41, 5.74) is 1.96. The van der Waals surface area contributed by atoms with E-state index in [9.17, 15) is 9.59 Å². The molecule has 1 atom stereocenters. The molecule has 1 fully saturated rings. The van der Waals surface area contributed by atoms with Crippen LogP contribution in [0.2, 0.25) is 0 Å². The van der Waals surface area contributed by atoms with Gasteiger partial charge in [-0.05, 0) is 25.0 Å². The van der Waals surface area contributed by atoms with Gasteiger partial charge in [-0.25, -0.2) is 4.79 Å². The number of aryl methyl sites for hydroxylation is 1. The van der Waals surface area contributed by atoms with Gasteiger partial charge in [-0.15, -0.1) is 0 Å². The predicted molar refractivity (Wildman–Crippen MR) is 81.3 cm³/mol. The molecule has 0 aliphatic carbocycles. The van der Waals surface area contributed by atoms with Crippen LogP contribution in [0.1, 0.15) is 25.8 Å². The Morgan fingerprint density at radius 3 is 2.67 bits per heavy atom. The molecule has 114 valence electrons. The first kappa shape index (κ1) is 15.4. The highest BCUT2D eigenvalue weighted by molar-refractivity contribution is 5.89. The van der Waals surface area contributed by atoms with E-state index in [1.54, 1.807) is 4.90 Å². The van der Waals surface area contributed by atoms with E-state index in [2.05, 4.69) is 5.32 Å². The summed E-state index contributed by atoms with van der Waals surface area (Å²) in [6.45, 7) is 6.81.